The number of ether oxygens (including phenoxy) is 1. The third kappa shape index (κ3) is 11.8. The third-order valence-corrected chi connectivity index (χ3v) is 7.05. The molecule has 214 valence electrons. The lowest BCUT2D eigenvalue weighted by Crippen LogP contribution is -2.34. The van der Waals surface area contributed by atoms with E-state index < -0.39 is 17.3 Å². The fraction of sp³-hybridized carbons (Fsp3) is 0.324. The van der Waals surface area contributed by atoms with Crippen LogP contribution in [0.15, 0.2) is 78.9 Å². The second kappa shape index (κ2) is 18.0. The smallest absolute Gasteiger partial charge is 0.372 e. The topological polar surface area (TPSA) is 63.7 Å². The lowest BCUT2D eigenvalue weighted by Gasteiger charge is -2.22. The van der Waals surface area contributed by atoms with Gasteiger partial charge in [-0.05, 0) is 85.1 Å². The molecule has 0 spiro atoms. The molecule has 0 saturated heterocycles. The van der Waals surface area contributed by atoms with Gasteiger partial charge in [0, 0.05) is 34.8 Å². The molecule has 0 atom stereocenters. The van der Waals surface area contributed by atoms with Gasteiger partial charge in [-0.15, -0.1) is 0 Å². The van der Waals surface area contributed by atoms with Crippen molar-refractivity contribution in [3.05, 3.63) is 101 Å². The first-order valence-electron chi connectivity index (χ1n) is 14.1. The van der Waals surface area contributed by atoms with Crippen LogP contribution in [0.1, 0.15) is 90.5 Å². The highest BCUT2D eigenvalue weighted by molar-refractivity contribution is 6.67. The second-order valence-electron chi connectivity index (χ2n) is 9.73. The highest BCUT2D eigenvalue weighted by atomic mass is 35.5. The van der Waals surface area contributed by atoms with E-state index >= 15 is 0 Å². The molecular formula is C34H35Cl2NO4. The zero-order valence-corrected chi connectivity index (χ0v) is 24.6. The number of benzene rings is 3. The van der Waals surface area contributed by atoms with Crippen LogP contribution in [-0.4, -0.2) is 23.8 Å². The molecule has 0 aromatic heterocycles. The summed E-state index contributed by atoms with van der Waals surface area (Å²) >= 11 is 11.4. The van der Waals surface area contributed by atoms with Crippen LogP contribution in [0, 0.1) is 11.8 Å². The summed E-state index contributed by atoms with van der Waals surface area (Å²) in [5.41, 5.74) is 2.16. The van der Waals surface area contributed by atoms with E-state index in [1.165, 1.54) is 30.6 Å². The molecule has 3 aromatic rings. The minimum atomic E-state index is -0.748. The zero-order chi connectivity index (χ0) is 29.3. The van der Waals surface area contributed by atoms with Crippen molar-refractivity contribution >= 4 is 46.2 Å². The van der Waals surface area contributed by atoms with E-state index in [0.717, 1.165) is 49.1 Å². The monoisotopic (exact) mass is 591 g/mol. The summed E-state index contributed by atoms with van der Waals surface area (Å²) in [5, 5.41) is 0.149. The summed E-state index contributed by atoms with van der Waals surface area (Å²) in [6.45, 7) is 0.395. The van der Waals surface area contributed by atoms with Crippen LogP contribution in [-0.2, 0) is 4.74 Å². The Morgan fingerprint density at radius 2 is 1.27 bits per heavy atom. The number of hydrogen-bond acceptors (Lipinski definition) is 4. The first kappa shape index (κ1) is 31.9. The Morgan fingerprint density at radius 1 is 0.683 bits per heavy atom. The van der Waals surface area contributed by atoms with Crippen molar-refractivity contribution in [1.82, 2.24) is 0 Å². The predicted molar refractivity (Wildman–Crippen MR) is 166 cm³/mol. The van der Waals surface area contributed by atoms with Crippen LogP contribution >= 0.6 is 23.2 Å². The number of nitrogens with zero attached hydrogens (tertiary/aromatic N) is 1. The van der Waals surface area contributed by atoms with Crippen LogP contribution in [0.4, 0.5) is 10.5 Å². The average Bonchev–Trinajstić information content (AvgIpc) is 2.98. The molecule has 0 aliphatic rings. The molecule has 0 fully saturated rings. The van der Waals surface area contributed by atoms with Crippen LogP contribution < -0.4 is 4.90 Å². The summed E-state index contributed by atoms with van der Waals surface area (Å²) in [5.74, 6) is 5.70. The molecule has 0 unspecified atom stereocenters. The predicted octanol–water partition coefficient (Wildman–Crippen LogP) is 9.46. The maximum Gasteiger partial charge on any atom is 0.422 e. The van der Waals surface area contributed by atoms with Crippen LogP contribution in [0.3, 0.4) is 0 Å². The molecule has 0 N–H and O–H groups in total. The second-order valence-corrected chi connectivity index (χ2v) is 10.5. The molecule has 0 radical (unpaired) electrons. The van der Waals surface area contributed by atoms with E-state index in [0.29, 0.717) is 23.4 Å². The molecule has 3 rings (SSSR count). The van der Waals surface area contributed by atoms with Gasteiger partial charge in [-0.1, -0.05) is 86.6 Å². The van der Waals surface area contributed by atoms with Crippen molar-refractivity contribution < 1.29 is 19.1 Å². The Morgan fingerprint density at radius 3 is 1.88 bits per heavy atom. The molecule has 0 aliphatic heterocycles. The third-order valence-electron chi connectivity index (χ3n) is 6.58. The number of carbonyl (C=O) groups excluding carboxylic acids is 3. The fourth-order valence-electron chi connectivity index (χ4n) is 4.28. The fourth-order valence-corrected chi connectivity index (χ4v) is 4.54. The van der Waals surface area contributed by atoms with Gasteiger partial charge < -0.3 is 4.74 Å². The van der Waals surface area contributed by atoms with E-state index in [1.54, 1.807) is 54.6 Å². The standard InChI is InChI=1S/C34H35Cl2NO4/c35-30-22-18-27(19-23-30)15-11-8-6-4-2-1-3-5-7-9-14-26-37(31-24-20-28(21-25-31)32(36)38)34(40)41-33(39)29-16-12-10-13-17-29/h10,12-13,16-25H,1-9,14,26H2. The molecule has 0 aliphatic carbocycles. The number of rotatable bonds is 14. The largest absolute Gasteiger partial charge is 0.422 e. The summed E-state index contributed by atoms with van der Waals surface area (Å²) in [6.07, 6.45) is 9.97. The van der Waals surface area contributed by atoms with Gasteiger partial charge in [0.15, 0.2) is 0 Å². The first-order chi connectivity index (χ1) is 19.9. The van der Waals surface area contributed by atoms with Gasteiger partial charge in [-0.3, -0.25) is 9.69 Å². The number of esters is 1. The van der Waals surface area contributed by atoms with Crippen molar-refractivity contribution in [3.63, 3.8) is 0 Å². The van der Waals surface area contributed by atoms with E-state index in [-0.39, 0.29) is 0 Å². The van der Waals surface area contributed by atoms with E-state index in [2.05, 4.69) is 11.8 Å². The first-order valence-corrected chi connectivity index (χ1v) is 14.8. The Kier molecular flexibility index (Phi) is 14.0. The number of hydrogen-bond donors (Lipinski definition) is 0. The van der Waals surface area contributed by atoms with Gasteiger partial charge in [0.2, 0.25) is 0 Å². The number of carbonyl (C=O) groups is 3. The summed E-state index contributed by atoms with van der Waals surface area (Å²) in [4.78, 5) is 38.2. The van der Waals surface area contributed by atoms with Crippen LogP contribution in [0.25, 0.3) is 0 Å². The van der Waals surface area contributed by atoms with Gasteiger partial charge in [0.1, 0.15) is 0 Å². The normalized spacial score (nSPS) is 10.4. The molecule has 0 heterocycles. The molecular weight excluding hydrogens is 557 g/mol. The summed E-state index contributed by atoms with van der Waals surface area (Å²) in [6, 6.07) is 22.3. The van der Waals surface area contributed by atoms with Crippen molar-refractivity contribution in [2.45, 2.75) is 64.2 Å². The maximum atomic E-state index is 12.9. The lowest BCUT2D eigenvalue weighted by atomic mass is 10.1. The van der Waals surface area contributed by atoms with Gasteiger partial charge in [-0.2, -0.15) is 0 Å². The van der Waals surface area contributed by atoms with Gasteiger partial charge >= 0.3 is 12.1 Å². The maximum absolute atomic E-state index is 12.9. The van der Waals surface area contributed by atoms with Crippen molar-refractivity contribution in [2.24, 2.45) is 0 Å². The van der Waals surface area contributed by atoms with Crippen molar-refractivity contribution in [2.75, 3.05) is 11.4 Å². The molecule has 7 heteroatoms. The number of unbranched alkanes of at least 4 members (excludes halogenated alkanes) is 9. The Labute approximate surface area is 252 Å². The number of anilines is 1. The van der Waals surface area contributed by atoms with Gasteiger partial charge in [0.05, 0.1) is 5.56 Å². The Bertz CT molecular complexity index is 1310. The minimum absolute atomic E-state index is 0.301. The molecule has 5 nitrogen and oxygen atoms in total. The lowest BCUT2D eigenvalue weighted by molar-refractivity contribution is 0.0633. The molecule has 0 saturated carbocycles. The van der Waals surface area contributed by atoms with Gasteiger partial charge in [-0.25, -0.2) is 9.59 Å². The highest BCUT2D eigenvalue weighted by Crippen LogP contribution is 2.20. The van der Waals surface area contributed by atoms with Crippen molar-refractivity contribution in [3.8, 4) is 11.8 Å². The molecule has 3 aromatic carbocycles. The van der Waals surface area contributed by atoms with Crippen LogP contribution in [0.5, 0.6) is 0 Å². The highest BCUT2D eigenvalue weighted by Gasteiger charge is 2.21. The molecule has 41 heavy (non-hydrogen) atoms. The molecule has 1 amide bonds. The Hall–Kier alpha value is -3.59. The van der Waals surface area contributed by atoms with Crippen LogP contribution in [0.2, 0.25) is 5.02 Å². The summed E-state index contributed by atoms with van der Waals surface area (Å²) in [7, 11) is 0. The summed E-state index contributed by atoms with van der Waals surface area (Å²) < 4.78 is 5.16. The molecule has 0 bridgehead atoms. The van der Waals surface area contributed by atoms with E-state index in [1.807, 2.05) is 24.3 Å². The van der Waals surface area contributed by atoms with Gasteiger partial charge in [0.25, 0.3) is 5.24 Å². The average molecular weight is 593 g/mol. The SMILES string of the molecule is O=C(Cl)c1ccc(N(CCCCCCCCCCCC#Cc2ccc(Cl)cc2)C(=O)OC(=O)c2ccccc2)cc1. The number of amides is 1. The minimum Gasteiger partial charge on any atom is -0.372 e. The Balaban J connectivity index is 1.35. The van der Waals surface area contributed by atoms with E-state index in [9.17, 15) is 14.4 Å². The zero-order valence-electron chi connectivity index (χ0n) is 23.1. The van der Waals surface area contributed by atoms with E-state index in [4.69, 9.17) is 27.9 Å². The van der Waals surface area contributed by atoms with Crippen molar-refractivity contribution in [1.29, 1.82) is 0 Å². The number of halogens is 2. The quantitative estimate of drug-likeness (QED) is 0.0615.